The first kappa shape index (κ1) is 17.0. The van der Waals surface area contributed by atoms with Crippen LogP contribution in [0, 0.1) is 5.82 Å². The Labute approximate surface area is 150 Å². The number of fused-ring (bicyclic) bond motifs is 1. The summed E-state index contributed by atoms with van der Waals surface area (Å²) >= 11 is 0. The Kier molecular flexibility index (Phi) is 4.40. The summed E-state index contributed by atoms with van der Waals surface area (Å²) in [6.45, 7) is 1.74. The second kappa shape index (κ2) is 6.72. The summed E-state index contributed by atoms with van der Waals surface area (Å²) in [6.07, 6.45) is 6.41. The molecule has 3 N–H and O–H groups in total. The molecule has 1 aromatic carbocycles. The Morgan fingerprint density at radius 3 is 2.81 bits per heavy atom. The molecule has 0 spiro atoms. The number of benzene rings is 1. The van der Waals surface area contributed by atoms with Gasteiger partial charge in [0, 0.05) is 30.2 Å². The van der Waals surface area contributed by atoms with Gasteiger partial charge in [0.2, 0.25) is 5.43 Å². The van der Waals surface area contributed by atoms with Gasteiger partial charge in [-0.25, -0.2) is 9.18 Å². The molecule has 1 saturated heterocycles. The van der Waals surface area contributed by atoms with Gasteiger partial charge in [0.25, 0.3) is 0 Å². The van der Waals surface area contributed by atoms with Gasteiger partial charge in [-0.15, -0.1) is 0 Å². The van der Waals surface area contributed by atoms with Crippen LogP contribution in [-0.2, 0) is 0 Å². The number of halogens is 1. The zero-order valence-corrected chi connectivity index (χ0v) is 14.4. The minimum atomic E-state index is -1.28. The van der Waals surface area contributed by atoms with Crippen LogP contribution in [0.3, 0.4) is 0 Å². The summed E-state index contributed by atoms with van der Waals surface area (Å²) in [7, 11) is 0. The first-order valence-corrected chi connectivity index (χ1v) is 9.13. The number of aromatic carboxylic acids is 1. The summed E-state index contributed by atoms with van der Waals surface area (Å²) in [5, 5.41) is 16.0. The number of nitrogens with one attached hydrogen (secondary N) is 2. The molecule has 7 heteroatoms. The van der Waals surface area contributed by atoms with Crippen LogP contribution in [0.5, 0.6) is 0 Å². The summed E-state index contributed by atoms with van der Waals surface area (Å²) < 4.78 is 16.5. The molecule has 26 heavy (non-hydrogen) atoms. The van der Waals surface area contributed by atoms with E-state index in [9.17, 15) is 19.1 Å². The number of anilines is 1. The smallest absolute Gasteiger partial charge is 0.341 e. The van der Waals surface area contributed by atoms with Crippen molar-refractivity contribution in [2.45, 2.75) is 44.2 Å². The van der Waals surface area contributed by atoms with E-state index in [1.54, 1.807) is 6.07 Å². The monoisotopic (exact) mass is 359 g/mol. The predicted octanol–water partition coefficient (Wildman–Crippen LogP) is 2.73. The van der Waals surface area contributed by atoms with Crippen LogP contribution in [0.25, 0.3) is 10.9 Å². The van der Waals surface area contributed by atoms with E-state index >= 15 is 0 Å². The first-order chi connectivity index (χ1) is 12.5. The molecule has 0 bridgehead atoms. The number of nitrogens with zero attached hydrogens (tertiary/aromatic N) is 1. The lowest BCUT2D eigenvalue weighted by Gasteiger charge is -2.20. The number of carboxylic acid groups (broad SMARTS) is 1. The van der Waals surface area contributed by atoms with Gasteiger partial charge in [-0.1, -0.05) is 6.42 Å². The molecule has 138 valence electrons. The van der Waals surface area contributed by atoms with Crippen molar-refractivity contribution in [2.75, 3.05) is 18.4 Å². The molecule has 1 saturated carbocycles. The SMILES string of the molecule is O=C(O)c1cn(C2CC2)c2cc(N[C@@H]3CCCCNC3)c(F)cc2c1=O. The Morgan fingerprint density at radius 2 is 2.08 bits per heavy atom. The number of rotatable bonds is 4. The third-order valence-corrected chi connectivity index (χ3v) is 5.20. The Bertz CT molecular complexity index is 912. The molecule has 4 rings (SSSR count). The van der Waals surface area contributed by atoms with Crippen LogP contribution in [-0.4, -0.2) is 34.8 Å². The molecule has 6 nitrogen and oxygen atoms in total. The molecule has 2 heterocycles. The van der Waals surface area contributed by atoms with Gasteiger partial charge >= 0.3 is 5.97 Å². The van der Waals surface area contributed by atoms with E-state index in [2.05, 4.69) is 10.6 Å². The van der Waals surface area contributed by atoms with E-state index in [0.29, 0.717) is 11.2 Å². The Balaban J connectivity index is 1.80. The number of pyridine rings is 1. The van der Waals surface area contributed by atoms with Gasteiger partial charge in [-0.2, -0.15) is 0 Å². The highest BCUT2D eigenvalue weighted by Crippen LogP contribution is 2.37. The van der Waals surface area contributed by atoms with Crippen LogP contribution >= 0.6 is 0 Å². The van der Waals surface area contributed by atoms with E-state index in [4.69, 9.17) is 0 Å². The first-order valence-electron chi connectivity index (χ1n) is 9.13. The number of carboxylic acids is 1. The van der Waals surface area contributed by atoms with Crippen molar-refractivity contribution in [1.82, 2.24) is 9.88 Å². The van der Waals surface area contributed by atoms with Crippen LogP contribution in [0.15, 0.2) is 23.1 Å². The Hall–Kier alpha value is -2.41. The van der Waals surface area contributed by atoms with Gasteiger partial charge in [0.1, 0.15) is 11.4 Å². The second-order valence-electron chi connectivity index (χ2n) is 7.21. The van der Waals surface area contributed by atoms with Crippen LogP contribution in [0.4, 0.5) is 10.1 Å². The topological polar surface area (TPSA) is 83.4 Å². The molecule has 1 aromatic heterocycles. The van der Waals surface area contributed by atoms with Crippen LogP contribution in [0.1, 0.15) is 48.5 Å². The zero-order valence-electron chi connectivity index (χ0n) is 14.4. The van der Waals surface area contributed by atoms with Crippen molar-refractivity contribution in [3.63, 3.8) is 0 Å². The van der Waals surface area contributed by atoms with Crippen molar-refractivity contribution in [3.05, 3.63) is 39.9 Å². The third kappa shape index (κ3) is 3.19. The molecule has 1 aliphatic heterocycles. The molecular formula is C19H22FN3O3. The van der Waals surface area contributed by atoms with Gasteiger partial charge in [-0.05, 0) is 44.4 Å². The summed E-state index contributed by atoms with van der Waals surface area (Å²) in [6, 6.07) is 3.13. The predicted molar refractivity (Wildman–Crippen MR) is 97.5 cm³/mol. The van der Waals surface area contributed by atoms with Gasteiger partial charge in [0.15, 0.2) is 0 Å². The maximum atomic E-state index is 14.7. The molecule has 1 aliphatic carbocycles. The normalized spacial score (nSPS) is 20.7. The highest BCUT2D eigenvalue weighted by molar-refractivity contribution is 5.93. The maximum Gasteiger partial charge on any atom is 0.341 e. The molecule has 2 aliphatic rings. The number of aromatic nitrogens is 1. The molecule has 0 radical (unpaired) electrons. The third-order valence-electron chi connectivity index (χ3n) is 5.20. The fourth-order valence-electron chi connectivity index (χ4n) is 3.65. The molecule has 2 fully saturated rings. The fourth-order valence-corrected chi connectivity index (χ4v) is 3.65. The summed E-state index contributed by atoms with van der Waals surface area (Å²) in [5.74, 6) is -1.80. The van der Waals surface area contributed by atoms with Crippen molar-refractivity contribution in [2.24, 2.45) is 0 Å². The van der Waals surface area contributed by atoms with E-state index in [1.807, 2.05) is 4.57 Å². The summed E-state index contributed by atoms with van der Waals surface area (Å²) in [4.78, 5) is 23.9. The molecule has 2 aromatic rings. The lowest BCUT2D eigenvalue weighted by atomic mass is 10.1. The van der Waals surface area contributed by atoms with Crippen LogP contribution < -0.4 is 16.1 Å². The van der Waals surface area contributed by atoms with Crippen molar-refractivity contribution in [3.8, 4) is 0 Å². The van der Waals surface area contributed by atoms with Crippen molar-refractivity contribution in [1.29, 1.82) is 0 Å². The maximum absolute atomic E-state index is 14.7. The van der Waals surface area contributed by atoms with Gasteiger partial charge in [-0.3, -0.25) is 4.79 Å². The zero-order chi connectivity index (χ0) is 18.3. The Morgan fingerprint density at radius 1 is 1.27 bits per heavy atom. The average molecular weight is 359 g/mol. The largest absolute Gasteiger partial charge is 0.477 e. The van der Waals surface area contributed by atoms with E-state index < -0.39 is 17.2 Å². The highest BCUT2D eigenvalue weighted by atomic mass is 19.1. The molecule has 1 atom stereocenters. The highest BCUT2D eigenvalue weighted by Gasteiger charge is 2.27. The summed E-state index contributed by atoms with van der Waals surface area (Å²) in [5.41, 5.74) is 0.0134. The average Bonchev–Trinajstić information content (AvgIpc) is 3.44. The molecular weight excluding hydrogens is 337 g/mol. The lowest BCUT2D eigenvalue weighted by molar-refractivity contribution is 0.0695. The minimum Gasteiger partial charge on any atom is -0.477 e. The quantitative estimate of drug-likeness (QED) is 0.782. The van der Waals surface area contributed by atoms with Gasteiger partial charge in [0.05, 0.1) is 11.2 Å². The number of hydrogen-bond acceptors (Lipinski definition) is 4. The van der Waals surface area contributed by atoms with Crippen molar-refractivity contribution >= 4 is 22.6 Å². The standard InChI is InChI=1S/C19H22FN3O3/c20-15-7-13-17(8-16(15)22-11-3-1-2-6-21-9-11)23(12-4-5-12)10-14(18(13)24)19(25)26/h7-8,10-12,21-22H,1-6,9H2,(H,25,26)/t11-/m1/s1. The van der Waals surface area contributed by atoms with E-state index in [-0.39, 0.29) is 23.0 Å². The van der Waals surface area contributed by atoms with Crippen molar-refractivity contribution < 1.29 is 14.3 Å². The molecule has 0 amide bonds. The minimum absolute atomic E-state index is 0.124. The molecule has 0 unspecified atom stereocenters. The van der Waals surface area contributed by atoms with E-state index in [0.717, 1.165) is 45.2 Å². The van der Waals surface area contributed by atoms with Gasteiger partial charge < -0.3 is 20.3 Å². The van der Waals surface area contributed by atoms with E-state index in [1.165, 1.54) is 12.3 Å². The second-order valence-corrected chi connectivity index (χ2v) is 7.21. The lowest BCUT2D eigenvalue weighted by Crippen LogP contribution is -2.31. The van der Waals surface area contributed by atoms with Crippen LogP contribution in [0.2, 0.25) is 0 Å². The fraction of sp³-hybridized carbons (Fsp3) is 0.474. The number of carbonyl (C=O) groups is 1. The number of hydrogen-bond donors (Lipinski definition) is 3.